The third-order valence-corrected chi connectivity index (χ3v) is 2.11. The molecule has 60 valence electrons. The Morgan fingerprint density at radius 1 is 1.30 bits per heavy atom. The summed E-state index contributed by atoms with van der Waals surface area (Å²) in [5.74, 6) is 0. The molecule has 1 aliphatic heterocycles. The van der Waals surface area contributed by atoms with E-state index in [1.807, 2.05) is 0 Å². The van der Waals surface area contributed by atoms with E-state index in [1.54, 1.807) is 0 Å². The molecule has 0 bridgehead atoms. The van der Waals surface area contributed by atoms with Gasteiger partial charge in [-0.1, -0.05) is 6.92 Å². The van der Waals surface area contributed by atoms with Crippen molar-refractivity contribution < 1.29 is 0 Å². The van der Waals surface area contributed by atoms with Crippen LogP contribution in [0.3, 0.4) is 0 Å². The predicted molar refractivity (Wildman–Crippen MR) is 43.7 cm³/mol. The molecular weight excluding hydrogens is 124 g/mol. The zero-order chi connectivity index (χ0) is 7.40. The minimum absolute atomic E-state index is 1.21. The fourth-order valence-corrected chi connectivity index (χ4v) is 1.51. The molecular formula is C8H18N2. The molecule has 2 nitrogen and oxygen atoms in total. The van der Waals surface area contributed by atoms with Crippen LogP contribution in [0.4, 0.5) is 0 Å². The topological polar surface area (TPSA) is 6.48 Å². The van der Waals surface area contributed by atoms with Crippen LogP contribution in [0.2, 0.25) is 0 Å². The van der Waals surface area contributed by atoms with Gasteiger partial charge in [0, 0.05) is 26.7 Å². The summed E-state index contributed by atoms with van der Waals surface area (Å²) >= 11 is 0. The fourth-order valence-electron chi connectivity index (χ4n) is 1.51. The van der Waals surface area contributed by atoms with Crippen molar-refractivity contribution in [3.63, 3.8) is 0 Å². The molecule has 0 saturated carbocycles. The van der Waals surface area contributed by atoms with Crippen LogP contribution in [0.1, 0.15) is 26.2 Å². The van der Waals surface area contributed by atoms with Crippen LogP contribution >= 0.6 is 0 Å². The highest BCUT2D eigenvalue weighted by Crippen LogP contribution is 2.09. The molecule has 0 amide bonds. The van der Waals surface area contributed by atoms with Crippen molar-refractivity contribution >= 4 is 0 Å². The first-order valence-electron chi connectivity index (χ1n) is 4.30. The van der Waals surface area contributed by atoms with Crippen LogP contribution in [0.5, 0.6) is 0 Å². The average molecular weight is 142 g/mol. The summed E-state index contributed by atoms with van der Waals surface area (Å²) in [4.78, 5) is 0. The Hall–Kier alpha value is -0.0800. The number of hydrogen-bond acceptors (Lipinski definition) is 2. The van der Waals surface area contributed by atoms with E-state index in [2.05, 4.69) is 24.0 Å². The highest BCUT2D eigenvalue weighted by atomic mass is 15.6. The molecule has 1 rings (SSSR count). The molecule has 0 aromatic heterocycles. The van der Waals surface area contributed by atoms with Gasteiger partial charge in [0.05, 0.1) is 0 Å². The number of hydrogen-bond donors (Lipinski definition) is 0. The Morgan fingerprint density at radius 3 is 2.40 bits per heavy atom. The third kappa shape index (κ3) is 1.96. The van der Waals surface area contributed by atoms with E-state index >= 15 is 0 Å². The number of hydrazine groups is 1. The van der Waals surface area contributed by atoms with Crippen LogP contribution in [0.15, 0.2) is 0 Å². The van der Waals surface area contributed by atoms with Gasteiger partial charge < -0.3 is 0 Å². The Labute approximate surface area is 63.8 Å². The highest BCUT2D eigenvalue weighted by molar-refractivity contribution is 4.62. The van der Waals surface area contributed by atoms with E-state index in [0.29, 0.717) is 0 Å². The zero-order valence-corrected chi connectivity index (χ0v) is 7.14. The van der Waals surface area contributed by atoms with Crippen molar-refractivity contribution in [2.24, 2.45) is 0 Å². The first-order valence-corrected chi connectivity index (χ1v) is 4.30. The summed E-state index contributed by atoms with van der Waals surface area (Å²) in [5, 5.41) is 4.80. The van der Waals surface area contributed by atoms with Crippen LogP contribution in [-0.4, -0.2) is 36.7 Å². The normalized spacial score (nSPS) is 20.7. The van der Waals surface area contributed by atoms with Crippen LogP contribution in [-0.2, 0) is 0 Å². The van der Waals surface area contributed by atoms with Gasteiger partial charge in [-0.05, 0) is 19.3 Å². The summed E-state index contributed by atoms with van der Waals surface area (Å²) < 4.78 is 0. The quantitative estimate of drug-likeness (QED) is 0.586. The van der Waals surface area contributed by atoms with Crippen LogP contribution in [0.25, 0.3) is 0 Å². The second-order valence-electron chi connectivity index (χ2n) is 3.04. The Morgan fingerprint density at radius 2 is 1.90 bits per heavy atom. The first-order chi connectivity index (χ1) is 4.84. The summed E-state index contributed by atoms with van der Waals surface area (Å²) in [5.41, 5.74) is 0. The SMILES string of the molecule is CCCN(C)N1CCCC1. The molecule has 0 atom stereocenters. The number of rotatable bonds is 3. The van der Waals surface area contributed by atoms with Gasteiger partial charge in [-0.25, -0.2) is 10.0 Å². The Kier molecular flexibility index (Phi) is 3.16. The van der Waals surface area contributed by atoms with Gasteiger partial charge in [0.25, 0.3) is 0 Å². The maximum Gasteiger partial charge on any atom is 0.0133 e. The van der Waals surface area contributed by atoms with Crippen molar-refractivity contribution in [3.05, 3.63) is 0 Å². The summed E-state index contributed by atoms with van der Waals surface area (Å²) in [6, 6.07) is 0. The summed E-state index contributed by atoms with van der Waals surface area (Å²) in [6.45, 7) is 5.99. The van der Waals surface area contributed by atoms with Gasteiger partial charge >= 0.3 is 0 Å². The largest absolute Gasteiger partial charge is 0.245 e. The summed E-state index contributed by atoms with van der Waals surface area (Å²) in [7, 11) is 2.19. The van der Waals surface area contributed by atoms with E-state index in [1.165, 1.54) is 38.9 Å². The molecule has 10 heavy (non-hydrogen) atoms. The third-order valence-electron chi connectivity index (χ3n) is 2.11. The van der Waals surface area contributed by atoms with E-state index in [4.69, 9.17) is 0 Å². The van der Waals surface area contributed by atoms with Crippen molar-refractivity contribution in [1.82, 2.24) is 10.0 Å². The lowest BCUT2D eigenvalue weighted by Crippen LogP contribution is -2.37. The van der Waals surface area contributed by atoms with Crippen molar-refractivity contribution in [3.8, 4) is 0 Å². The monoisotopic (exact) mass is 142 g/mol. The van der Waals surface area contributed by atoms with Crippen molar-refractivity contribution in [1.29, 1.82) is 0 Å². The van der Waals surface area contributed by atoms with E-state index in [0.717, 1.165) is 0 Å². The Balaban J connectivity index is 2.18. The Bertz CT molecular complexity index is 87.3. The molecule has 1 heterocycles. The molecule has 1 aliphatic rings. The maximum atomic E-state index is 2.45. The van der Waals surface area contributed by atoms with Gasteiger partial charge in [-0.15, -0.1) is 0 Å². The lowest BCUT2D eigenvalue weighted by Gasteiger charge is -2.26. The van der Waals surface area contributed by atoms with Gasteiger partial charge in [0.1, 0.15) is 0 Å². The lowest BCUT2D eigenvalue weighted by molar-refractivity contribution is 0.0248. The van der Waals surface area contributed by atoms with Crippen LogP contribution < -0.4 is 0 Å². The lowest BCUT2D eigenvalue weighted by atomic mass is 10.4. The van der Waals surface area contributed by atoms with E-state index in [-0.39, 0.29) is 0 Å². The average Bonchev–Trinajstić information content (AvgIpc) is 2.38. The van der Waals surface area contributed by atoms with Gasteiger partial charge in [-0.2, -0.15) is 0 Å². The minimum Gasteiger partial charge on any atom is -0.245 e. The maximum absolute atomic E-state index is 2.45. The van der Waals surface area contributed by atoms with Gasteiger partial charge in [-0.3, -0.25) is 0 Å². The molecule has 0 unspecified atom stereocenters. The minimum atomic E-state index is 1.21. The number of nitrogens with zero attached hydrogens (tertiary/aromatic N) is 2. The molecule has 1 saturated heterocycles. The molecule has 0 spiro atoms. The molecule has 0 aromatic carbocycles. The molecule has 0 N–H and O–H groups in total. The molecule has 0 aromatic rings. The molecule has 1 fully saturated rings. The van der Waals surface area contributed by atoms with E-state index < -0.39 is 0 Å². The molecule has 2 heteroatoms. The molecule has 0 radical (unpaired) electrons. The van der Waals surface area contributed by atoms with Crippen LogP contribution in [0, 0.1) is 0 Å². The van der Waals surface area contributed by atoms with Gasteiger partial charge in [0.2, 0.25) is 0 Å². The summed E-state index contributed by atoms with van der Waals surface area (Å²) in [6.07, 6.45) is 4.02. The smallest absolute Gasteiger partial charge is 0.0133 e. The first kappa shape index (κ1) is 8.02. The predicted octanol–water partition coefficient (Wildman–Crippen LogP) is 1.34. The second kappa shape index (κ2) is 3.94. The van der Waals surface area contributed by atoms with Gasteiger partial charge in [0.15, 0.2) is 0 Å². The second-order valence-corrected chi connectivity index (χ2v) is 3.04. The highest BCUT2D eigenvalue weighted by Gasteiger charge is 2.14. The van der Waals surface area contributed by atoms with Crippen molar-refractivity contribution in [2.75, 3.05) is 26.7 Å². The molecule has 0 aliphatic carbocycles. The fraction of sp³-hybridized carbons (Fsp3) is 1.00. The van der Waals surface area contributed by atoms with Crippen molar-refractivity contribution in [2.45, 2.75) is 26.2 Å². The standard InChI is InChI=1S/C8H18N2/c1-3-6-9(2)10-7-4-5-8-10/h3-8H2,1-2H3. The van der Waals surface area contributed by atoms with E-state index in [9.17, 15) is 0 Å². The zero-order valence-electron chi connectivity index (χ0n) is 7.14.